The molecular formula is C23H23N3O3S. The van der Waals surface area contributed by atoms with Gasteiger partial charge in [0.15, 0.2) is 0 Å². The van der Waals surface area contributed by atoms with Crippen LogP contribution in [0.3, 0.4) is 0 Å². The van der Waals surface area contributed by atoms with Crippen LogP contribution in [0.2, 0.25) is 0 Å². The number of hydrogen-bond acceptors (Lipinski definition) is 6. The topological polar surface area (TPSA) is 96.6 Å². The van der Waals surface area contributed by atoms with Crippen molar-refractivity contribution >= 4 is 39.8 Å². The molecular weight excluding hydrogens is 398 g/mol. The van der Waals surface area contributed by atoms with Crippen molar-refractivity contribution < 1.29 is 15.0 Å². The molecule has 154 valence electrons. The second-order valence-corrected chi connectivity index (χ2v) is 8.17. The Labute approximate surface area is 179 Å². The lowest BCUT2D eigenvalue weighted by Gasteiger charge is -2.13. The fourth-order valence-electron chi connectivity index (χ4n) is 2.91. The minimum Gasteiger partial charge on any atom is -0.394 e. The number of aliphatic hydroxyl groups excluding tert-OH is 2. The van der Waals surface area contributed by atoms with Gasteiger partial charge in [-0.25, -0.2) is 0 Å². The summed E-state index contributed by atoms with van der Waals surface area (Å²) in [5.74, 6) is -0.581. The summed E-state index contributed by atoms with van der Waals surface area (Å²) in [4.78, 5) is 16.0. The summed E-state index contributed by atoms with van der Waals surface area (Å²) in [7, 11) is 4.03. The Morgan fingerprint density at radius 2 is 1.93 bits per heavy atom. The summed E-state index contributed by atoms with van der Waals surface area (Å²) < 4.78 is 0. The third kappa shape index (κ3) is 5.05. The Kier molecular flexibility index (Phi) is 6.85. The highest BCUT2D eigenvalue weighted by Crippen LogP contribution is 2.32. The maximum Gasteiger partial charge on any atom is 0.262 e. The van der Waals surface area contributed by atoms with E-state index < -0.39 is 18.6 Å². The lowest BCUT2D eigenvalue weighted by Crippen LogP contribution is -2.34. The zero-order valence-electron chi connectivity index (χ0n) is 16.8. The summed E-state index contributed by atoms with van der Waals surface area (Å²) >= 11 is 1.49. The van der Waals surface area contributed by atoms with Crippen molar-refractivity contribution in [2.24, 2.45) is 0 Å². The second kappa shape index (κ2) is 9.55. The van der Waals surface area contributed by atoms with Crippen LogP contribution in [0.1, 0.15) is 4.88 Å². The normalized spacial score (nSPS) is 12.4. The van der Waals surface area contributed by atoms with Crippen molar-refractivity contribution in [3.8, 4) is 16.5 Å². The van der Waals surface area contributed by atoms with Gasteiger partial charge < -0.3 is 20.4 Å². The average molecular weight is 422 g/mol. The van der Waals surface area contributed by atoms with Crippen molar-refractivity contribution in [3.05, 3.63) is 59.0 Å². The van der Waals surface area contributed by atoms with Crippen LogP contribution in [-0.2, 0) is 4.79 Å². The van der Waals surface area contributed by atoms with Crippen molar-refractivity contribution in [3.63, 3.8) is 0 Å². The SMILES string of the molecule is CN(C)c1ccc2cc(-c3ccc(/C=C(\C#N)C(=O)NCC(O)CO)s3)ccc2c1. The van der Waals surface area contributed by atoms with Gasteiger partial charge in [-0.15, -0.1) is 11.3 Å². The first-order valence-corrected chi connectivity index (χ1v) is 10.2. The number of fused-ring (bicyclic) bond motifs is 1. The van der Waals surface area contributed by atoms with Crippen molar-refractivity contribution in [2.45, 2.75) is 6.10 Å². The third-order valence-corrected chi connectivity index (χ3v) is 5.69. The molecule has 0 aliphatic carbocycles. The van der Waals surface area contributed by atoms with Crippen LogP contribution in [0.4, 0.5) is 5.69 Å². The molecule has 7 heteroatoms. The monoisotopic (exact) mass is 421 g/mol. The number of nitrogens with zero attached hydrogens (tertiary/aromatic N) is 2. The summed E-state index contributed by atoms with van der Waals surface area (Å²) in [5.41, 5.74) is 2.16. The maximum absolute atomic E-state index is 12.1. The predicted octanol–water partition coefficient (Wildman–Crippen LogP) is 3.01. The van der Waals surface area contributed by atoms with Gasteiger partial charge >= 0.3 is 0 Å². The van der Waals surface area contributed by atoms with Gasteiger partial charge in [-0.3, -0.25) is 4.79 Å². The Hall–Kier alpha value is -3.18. The first-order chi connectivity index (χ1) is 14.4. The molecule has 1 amide bonds. The Morgan fingerprint density at radius 3 is 2.63 bits per heavy atom. The average Bonchev–Trinajstić information content (AvgIpc) is 3.23. The molecule has 0 bridgehead atoms. The molecule has 0 spiro atoms. The minimum atomic E-state index is -1.05. The first kappa shape index (κ1) is 21.5. The Bertz CT molecular complexity index is 1130. The van der Waals surface area contributed by atoms with E-state index in [0.717, 1.165) is 31.8 Å². The highest BCUT2D eigenvalue weighted by molar-refractivity contribution is 7.16. The lowest BCUT2D eigenvalue weighted by atomic mass is 10.1. The summed E-state index contributed by atoms with van der Waals surface area (Å²) in [6, 6.07) is 18.3. The third-order valence-electron chi connectivity index (χ3n) is 4.61. The van der Waals surface area contributed by atoms with E-state index in [-0.39, 0.29) is 12.1 Å². The van der Waals surface area contributed by atoms with Crippen LogP contribution in [-0.4, -0.2) is 49.5 Å². The van der Waals surface area contributed by atoms with E-state index in [1.165, 1.54) is 17.4 Å². The number of anilines is 1. The molecule has 0 saturated heterocycles. The van der Waals surface area contributed by atoms with Gasteiger partial charge in [-0.1, -0.05) is 18.2 Å². The zero-order valence-corrected chi connectivity index (χ0v) is 17.6. The molecule has 3 aromatic rings. The first-order valence-electron chi connectivity index (χ1n) is 9.41. The molecule has 0 fully saturated rings. The smallest absolute Gasteiger partial charge is 0.262 e. The molecule has 1 heterocycles. The van der Waals surface area contributed by atoms with Gasteiger partial charge in [0.2, 0.25) is 0 Å². The van der Waals surface area contributed by atoms with Crippen molar-refractivity contribution in [1.82, 2.24) is 5.32 Å². The van der Waals surface area contributed by atoms with Crippen LogP contribution in [0.5, 0.6) is 0 Å². The fraction of sp³-hybridized carbons (Fsp3) is 0.217. The molecule has 0 saturated carbocycles. The molecule has 30 heavy (non-hydrogen) atoms. The number of benzene rings is 2. The molecule has 1 aromatic heterocycles. The molecule has 0 aliphatic rings. The number of thiophene rings is 1. The predicted molar refractivity (Wildman–Crippen MR) is 121 cm³/mol. The van der Waals surface area contributed by atoms with Crippen LogP contribution in [0.15, 0.2) is 54.1 Å². The summed E-state index contributed by atoms with van der Waals surface area (Å²) in [6.45, 7) is -0.570. The van der Waals surface area contributed by atoms with Crippen molar-refractivity contribution in [2.75, 3.05) is 32.1 Å². The summed E-state index contributed by atoms with van der Waals surface area (Å²) in [6.07, 6.45) is 0.475. The molecule has 2 aromatic carbocycles. The van der Waals surface area contributed by atoms with Gasteiger partial charge in [0.05, 0.1) is 12.7 Å². The van der Waals surface area contributed by atoms with Gasteiger partial charge in [-0.05, 0) is 52.7 Å². The number of carbonyl (C=O) groups is 1. The van der Waals surface area contributed by atoms with Gasteiger partial charge in [0, 0.05) is 36.1 Å². The second-order valence-electron chi connectivity index (χ2n) is 7.06. The number of carbonyl (C=O) groups excluding carboxylic acids is 1. The van der Waals surface area contributed by atoms with Crippen LogP contribution >= 0.6 is 11.3 Å². The number of nitrogens with one attached hydrogen (secondary N) is 1. The highest BCUT2D eigenvalue weighted by Gasteiger charge is 2.12. The van der Waals surface area contributed by atoms with Crippen molar-refractivity contribution in [1.29, 1.82) is 5.26 Å². The van der Waals surface area contributed by atoms with E-state index in [0.29, 0.717) is 0 Å². The molecule has 3 rings (SSSR count). The number of amides is 1. The van der Waals surface area contributed by atoms with E-state index in [1.54, 1.807) is 0 Å². The summed E-state index contributed by atoms with van der Waals surface area (Å²) in [5, 5.41) is 32.2. The lowest BCUT2D eigenvalue weighted by molar-refractivity contribution is -0.117. The zero-order chi connectivity index (χ0) is 21.7. The van der Waals surface area contributed by atoms with Gasteiger partial charge in [0.25, 0.3) is 5.91 Å². The molecule has 0 aliphatic heterocycles. The molecule has 1 unspecified atom stereocenters. The number of nitriles is 1. The van der Waals surface area contributed by atoms with E-state index in [1.807, 2.05) is 32.3 Å². The minimum absolute atomic E-state index is 0.0525. The van der Waals surface area contributed by atoms with Crippen LogP contribution < -0.4 is 10.2 Å². The van der Waals surface area contributed by atoms with Gasteiger partial charge in [-0.2, -0.15) is 5.26 Å². The number of rotatable bonds is 7. The maximum atomic E-state index is 12.1. The number of hydrogen-bond donors (Lipinski definition) is 3. The molecule has 3 N–H and O–H groups in total. The van der Waals surface area contributed by atoms with Crippen LogP contribution in [0, 0.1) is 11.3 Å². The highest BCUT2D eigenvalue weighted by atomic mass is 32.1. The molecule has 0 radical (unpaired) electrons. The molecule has 1 atom stereocenters. The largest absolute Gasteiger partial charge is 0.394 e. The van der Waals surface area contributed by atoms with Gasteiger partial charge in [0.1, 0.15) is 11.6 Å². The molecule has 6 nitrogen and oxygen atoms in total. The van der Waals surface area contributed by atoms with Crippen LogP contribution in [0.25, 0.3) is 27.3 Å². The fourth-order valence-corrected chi connectivity index (χ4v) is 3.86. The Balaban J connectivity index is 1.81. The van der Waals surface area contributed by atoms with E-state index in [2.05, 4.69) is 46.6 Å². The standard InChI is InChI=1S/C23H23N3O3S/c1-26(2)19-6-5-15-9-17(4-3-16(15)10-19)22-8-7-21(30-22)11-18(12-24)23(29)25-13-20(28)14-27/h3-11,20,27-28H,13-14H2,1-2H3,(H,25,29)/b18-11+. The Morgan fingerprint density at radius 1 is 1.20 bits per heavy atom. The van der Waals surface area contributed by atoms with E-state index in [9.17, 15) is 15.2 Å². The van der Waals surface area contributed by atoms with E-state index in [4.69, 9.17) is 5.11 Å². The van der Waals surface area contributed by atoms with E-state index >= 15 is 0 Å². The quantitative estimate of drug-likeness (QED) is 0.403. The number of aliphatic hydroxyl groups is 2.